The second-order valence-corrected chi connectivity index (χ2v) is 14.7. The number of sulfonamides is 1. The maximum absolute atomic E-state index is 14.0. The van der Waals surface area contributed by atoms with Gasteiger partial charge in [0, 0.05) is 46.5 Å². The number of hydrogen-bond donors (Lipinski definition) is 1. The lowest BCUT2D eigenvalue weighted by atomic mass is 10.00. The molecule has 0 aliphatic heterocycles. The van der Waals surface area contributed by atoms with Crippen molar-refractivity contribution in [3.63, 3.8) is 0 Å². The standard InChI is InChI=1S/C32H38Cl3N3O4S/c1-22-26(34)13-9-14-28(22)38(43(5,41)42)18-10-15-30(39)37(21-24-16-17-25(33)20-27(24)35)29(31(40)36-32(2,3)4)19-23-11-7-6-8-12-23/h6-9,11-14,16-17,20,29H,10,15,18-19,21H2,1-5H3,(H,36,40)/t29-/m0/s1. The van der Waals surface area contributed by atoms with Gasteiger partial charge in [-0.15, -0.1) is 0 Å². The molecule has 0 spiro atoms. The molecular formula is C32H38Cl3N3O4S. The molecule has 0 bridgehead atoms. The summed E-state index contributed by atoms with van der Waals surface area (Å²) in [5.74, 6) is -0.616. The molecular weight excluding hydrogens is 629 g/mol. The molecule has 43 heavy (non-hydrogen) atoms. The molecule has 0 aromatic heterocycles. The van der Waals surface area contributed by atoms with Gasteiger partial charge in [0.1, 0.15) is 6.04 Å². The highest BCUT2D eigenvalue weighted by atomic mass is 35.5. The van der Waals surface area contributed by atoms with Crippen molar-refractivity contribution in [2.75, 3.05) is 17.1 Å². The van der Waals surface area contributed by atoms with Crippen LogP contribution in [0.1, 0.15) is 50.3 Å². The quantitative estimate of drug-likeness (QED) is 0.224. The summed E-state index contributed by atoms with van der Waals surface area (Å²) in [5.41, 5.74) is 2.06. The second kappa shape index (κ2) is 14.8. The van der Waals surface area contributed by atoms with Crippen molar-refractivity contribution in [2.45, 2.75) is 65.1 Å². The van der Waals surface area contributed by atoms with Gasteiger partial charge in [0.25, 0.3) is 0 Å². The Kier molecular flexibility index (Phi) is 11.9. The van der Waals surface area contributed by atoms with E-state index >= 15 is 0 Å². The van der Waals surface area contributed by atoms with Gasteiger partial charge in [0.2, 0.25) is 21.8 Å². The van der Waals surface area contributed by atoms with E-state index in [-0.39, 0.29) is 44.2 Å². The van der Waals surface area contributed by atoms with Crippen LogP contribution in [-0.2, 0) is 32.6 Å². The highest BCUT2D eigenvalue weighted by Crippen LogP contribution is 2.29. The molecule has 0 aliphatic rings. The van der Waals surface area contributed by atoms with Gasteiger partial charge in [-0.05, 0) is 75.1 Å². The molecule has 0 heterocycles. The predicted molar refractivity (Wildman–Crippen MR) is 176 cm³/mol. The molecule has 3 rings (SSSR count). The van der Waals surface area contributed by atoms with E-state index in [2.05, 4.69) is 5.32 Å². The van der Waals surface area contributed by atoms with Crippen molar-refractivity contribution < 1.29 is 18.0 Å². The number of anilines is 1. The molecule has 0 aliphatic carbocycles. The number of carbonyl (C=O) groups excluding carboxylic acids is 2. The number of benzene rings is 3. The number of rotatable bonds is 12. The minimum atomic E-state index is -3.67. The second-order valence-electron chi connectivity index (χ2n) is 11.5. The average Bonchev–Trinajstić information content (AvgIpc) is 2.90. The summed E-state index contributed by atoms with van der Waals surface area (Å²) in [6.45, 7) is 7.51. The van der Waals surface area contributed by atoms with Crippen LogP contribution in [0.4, 0.5) is 5.69 Å². The largest absolute Gasteiger partial charge is 0.350 e. The molecule has 0 unspecified atom stereocenters. The van der Waals surface area contributed by atoms with Crippen LogP contribution in [0.25, 0.3) is 0 Å². The van der Waals surface area contributed by atoms with E-state index in [1.165, 1.54) is 9.21 Å². The highest BCUT2D eigenvalue weighted by molar-refractivity contribution is 7.92. The van der Waals surface area contributed by atoms with Gasteiger partial charge in [0.15, 0.2) is 0 Å². The van der Waals surface area contributed by atoms with Crippen molar-refractivity contribution in [1.29, 1.82) is 0 Å². The molecule has 0 fully saturated rings. The predicted octanol–water partition coefficient (Wildman–Crippen LogP) is 7.06. The minimum absolute atomic E-state index is 0.00900. The van der Waals surface area contributed by atoms with Crippen LogP contribution >= 0.6 is 34.8 Å². The zero-order valence-electron chi connectivity index (χ0n) is 25.0. The van der Waals surface area contributed by atoms with E-state index in [1.807, 2.05) is 51.1 Å². The Hall–Kier alpha value is -2.78. The smallest absolute Gasteiger partial charge is 0.243 e. The summed E-state index contributed by atoms with van der Waals surface area (Å²) in [6.07, 6.45) is 1.60. The van der Waals surface area contributed by atoms with Crippen molar-refractivity contribution in [3.05, 3.63) is 98.5 Å². The maximum Gasteiger partial charge on any atom is 0.243 e. The van der Waals surface area contributed by atoms with E-state index in [1.54, 1.807) is 43.3 Å². The molecule has 0 saturated carbocycles. The third-order valence-electron chi connectivity index (χ3n) is 6.79. The molecule has 3 aromatic rings. The Morgan fingerprint density at radius 3 is 2.21 bits per heavy atom. The van der Waals surface area contributed by atoms with Crippen LogP contribution in [0, 0.1) is 6.92 Å². The normalized spacial score (nSPS) is 12.5. The number of carbonyl (C=O) groups is 2. The monoisotopic (exact) mass is 665 g/mol. The Balaban J connectivity index is 1.95. The van der Waals surface area contributed by atoms with Gasteiger partial charge in [-0.2, -0.15) is 0 Å². The fourth-order valence-corrected chi connectivity index (χ4v) is 6.34. The zero-order chi connectivity index (χ0) is 31.9. The molecule has 0 saturated heterocycles. The van der Waals surface area contributed by atoms with Gasteiger partial charge in [-0.3, -0.25) is 13.9 Å². The fourth-order valence-electron chi connectivity index (χ4n) is 4.69. The van der Waals surface area contributed by atoms with E-state index in [0.29, 0.717) is 31.9 Å². The molecule has 0 radical (unpaired) electrons. The van der Waals surface area contributed by atoms with Crippen LogP contribution in [0.15, 0.2) is 66.7 Å². The first-order chi connectivity index (χ1) is 20.1. The summed E-state index contributed by atoms with van der Waals surface area (Å²) in [5, 5.41) is 4.30. The lowest BCUT2D eigenvalue weighted by Crippen LogP contribution is -2.54. The lowest BCUT2D eigenvalue weighted by molar-refractivity contribution is -0.142. The van der Waals surface area contributed by atoms with Crippen LogP contribution in [0.3, 0.4) is 0 Å². The Morgan fingerprint density at radius 2 is 1.60 bits per heavy atom. The number of nitrogens with zero attached hydrogens (tertiary/aromatic N) is 2. The molecule has 1 atom stereocenters. The minimum Gasteiger partial charge on any atom is -0.350 e. The summed E-state index contributed by atoms with van der Waals surface area (Å²) >= 11 is 18.9. The number of hydrogen-bond acceptors (Lipinski definition) is 4. The summed E-state index contributed by atoms with van der Waals surface area (Å²) in [7, 11) is -3.67. The molecule has 1 N–H and O–H groups in total. The van der Waals surface area contributed by atoms with E-state index in [9.17, 15) is 18.0 Å². The summed E-state index contributed by atoms with van der Waals surface area (Å²) in [6, 6.07) is 18.7. The van der Waals surface area contributed by atoms with Crippen molar-refractivity contribution in [3.8, 4) is 0 Å². The van der Waals surface area contributed by atoms with Crippen LogP contribution in [0.5, 0.6) is 0 Å². The van der Waals surface area contributed by atoms with Gasteiger partial charge in [0.05, 0.1) is 11.9 Å². The van der Waals surface area contributed by atoms with Gasteiger partial charge in [-0.1, -0.05) is 77.3 Å². The summed E-state index contributed by atoms with van der Waals surface area (Å²) < 4.78 is 26.8. The van der Waals surface area contributed by atoms with E-state index in [4.69, 9.17) is 34.8 Å². The molecule has 7 nitrogen and oxygen atoms in total. The number of halogens is 3. The van der Waals surface area contributed by atoms with Crippen LogP contribution in [0.2, 0.25) is 15.1 Å². The topological polar surface area (TPSA) is 86.8 Å². The molecule has 2 amide bonds. The Labute approximate surface area is 270 Å². The summed E-state index contributed by atoms with van der Waals surface area (Å²) in [4.78, 5) is 29.3. The van der Waals surface area contributed by atoms with Crippen molar-refractivity contribution in [2.24, 2.45) is 0 Å². The molecule has 11 heteroatoms. The zero-order valence-corrected chi connectivity index (χ0v) is 28.1. The van der Waals surface area contributed by atoms with E-state index in [0.717, 1.165) is 11.8 Å². The van der Waals surface area contributed by atoms with Gasteiger partial charge < -0.3 is 10.2 Å². The number of nitrogens with one attached hydrogen (secondary N) is 1. The SMILES string of the molecule is Cc1c(Cl)cccc1N(CCCC(=O)N(Cc1ccc(Cl)cc1Cl)[C@@H](Cc1ccccc1)C(=O)NC(C)(C)C)S(C)(=O)=O. The third-order valence-corrected chi connectivity index (χ3v) is 8.96. The van der Waals surface area contributed by atoms with Crippen LogP contribution < -0.4 is 9.62 Å². The van der Waals surface area contributed by atoms with Crippen molar-refractivity contribution in [1.82, 2.24) is 10.2 Å². The van der Waals surface area contributed by atoms with Gasteiger partial charge >= 0.3 is 0 Å². The maximum atomic E-state index is 14.0. The average molecular weight is 667 g/mol. The lowest BCUT2D eigenvalue weighted by Gasteiger charge is -2.34. The van der Waals surface area contributed by atoms with Crippen LogP contribution in [-0.4, -0.2) is 49.5 Å². The number of amides is 2. The third kappa shape index (κ3) is 10.1. The van der Waals surface area contributed by atoms with Gasteiger partial charge in [-0.25, -0.2) is 8.42 Å². The fraction of sp³-hybridized carbons (Fsp3) is 0.375. The Bertz CT molecular complexity index is 1540. The first kappa shape index (κ1) is 34.7. The highest BCUT2D eigenvalue weighted by Gasteiger charge is 2.32. The van der Waals surface area contributed by atoms with Crippen molar-refractivity contribution >= 4 is 62.3 Å². The molecule has 3 aromatic carbocycles. The first-order valence-corrected chi connectivity index (χ1v) is 16.9. The molecule has 232 valence electrons. The van der Waals surface area contributed by atoms with E-state index < -0.39 is 21.6 Å². The Morgan fingerprint density at radius 1 is 0.930 bits per heavy atom. The first-order valence-electron chi connectivity index (χ1n) is 13.9.